The van der Waals surface area contributed by atoms with E-state index in [4.69, 9.17) is 9.47 Å². The Morgan fingerprint density at radius 1 is 1.04 bits per heavy atom. The summed E-state index contributed by atoms with van der Waals surface area (Å²) in [5, 5.41) is 0. The third-order valence-corrected chi connectivity index (χ3v) is 4.58. The first kappa shape index (κ1) is 20.3. The molecule has 2 rings (SSSR count). The van der Waals surface area contributed by atoms with Gasteiger partial charge in [0, 0.05) is 10.0 Å². The number of rotatable bonds is 5. The normalized spacial score (nSPS) is 10.2. The van der Waals surface area contributed by atoms with Crippen LogP contribution in [0.3, 0.4) is 0 Å². The summed E-state index contributed by atoms with van der Waals surface area (Å²) in [6.07, 6.45) is 0. The maximum absolute atomic E-state index is 12.1. The van der Waals surface area contributed by atoms with Gasteiger partial charge in [0.05, 0.1) is 11.6 Å². The van der Waals surface area contributed by atoms with Crippen molar-refractivity contribution in [3.05, 3.63) is 56.0 Å². The maximum atomic E-state index is 12.1. The highest BCUT2D eigenvalue weighted by Gasteiger charge is 2.12. The van der Waals surface area contributed by atoms with Crippen molar-refractivity contribution in [1.29, 1.82) is 0 Å². The number of carbonyl (C=O) groups is 2. The van der Waals surface area contributed by atoms with E-state index in [-0.39, 0.29) is 6.61 Å². The minimum absolute atomic E-state index is 0.212. The minimum atomic E-state index is -0.465. The number of hydrazine groups is 1. The third kappa shape index (κ3) is 5.22. The number of carbonyl (C=O) groups excluding carboxylic acids is 2. The third-order valence-electron chi connectivity index (χ3n) is 3.50. The fourth-order valence-electron chi connectivity index (χ4n) is 2.31. The van der Waals surface area contributed by atoms with Gasteiger partial charge in [-0.05, 0) is 71.2 Å². The molecule has 138 valence electrons. The number of benzene rings is 2. The molecule has 2 amide bonds. The van der Waals surface area contributed by atoms with Crippen LogP contribution in [0.1, 0.15) is 21.5 Å². The van der Waals surface area contributed by atoms with Crippen molar-refractivity contribution >= 4 is 43.7 Å². The highest BCUT2D eigenvalue weighted by molar-refractivity contribution is 9.10. The highest BCUT2D eigenvalue weighted by Crippen LogP contribution is 2.27. The Balaban J connectivity index is 1.89. The van der Waals surface area contributed by atoms with Gasteiger partial charge < -0.3 is 9.47 Å². The maximum Gasteiger partial charge on any atom is 0.276 e. The molecule has 2 aromatic carbocycles. The van der Waals surface area contributed by atoms with Crippen LogP contribution < -0.4 is 20.3 Å². The molecule has 0 radical (unpaired) electrons. The summed E-state index contributed by atoms with van der Waals surface area (Å²) in [7, 11) is 1.54. The lowest BCUT2D eigenvalue weighted by Gasteiger charge is -2.13. The van der Waals surface area contributed by atoms with Crippen molar-refractivity contribution in [2.75, 3.05) is 13.7 Å². The SMILES string of the molecule is COc1ccc(C(=O)NNC(=O)COc2c(C)cc(Br)cc2C)cc1Br. The molecule has 0 saturated carbocycles. The minimum Gasteiger partial charge on any atom is -0.496 e. The predicted molar refractivity (Wildman–Crippen MR) is 105 cm³/mol. The molecular formula is C18H18Br2N2O4. The van der Waals surface area contributed by atoms with Crippen LogP contribution in [0.25, 0.3) is 0 Å². The summed E-state index contributed by atoms with van der Waals surface area (Å²) >= 11 is 6.72. The van der Waals surface area contributed by atoms with Gasteiger partial charge in [0.2, 0.25) is 0 Å². The molecule has 0 unspecified atom stereocenters. The van der Waals surface area contributed by atoms with E-state index < -0.39 is 11.8 Å². The lowest BCUT2D eigenvalue weighted by atomic mass is 10.1. The first-order chi connectivity index (χ1) is 12.3. The van der Waals surface area contributed by atoms with Crippen LogP contribution in [0.2, 0.25) is 0 Å². The van der Waals surface area contributed by atoms with Crippen molar-refractivity contribution in [3.63, 3.8) is 0 Å². The summed E-state index contributed by atoms with van der Waals surface area (Å²) < 4.78 is 12.3. The second-order valence-electron chi connectivity index (χ2n) is 5.51. The molecule has 0 atom stereocenters. The van der Waals surface area contributed by atoms with E-state index in [1.807, 2.05) is 26.0 Å². The molecule has 0 saturated heterocycles. The second kappa shape index (κ2) is 9.05. The van der Waals surface area contributed by atoms with E-state index in [2.05, 4.69) is 42.7 Å². The van der Waals surface area contributed by atoms with Gasteiger partial charge in [-0.1, -0.05) is 15.9 Å². The van der Waals surface area contributed by atoms with Crippen LogP contribution in [-0.4, -0.2) is 25.5 Å². The molecule has 0 aliphatic carbocycles. The molecule has 2 aromatic rings. The standard InChI is InChI=1S/C18H18Br2N2O4/c1-10-6-13(19)7-11(2)17(10)26-9-16(23)21-22-18(24)12-4-5-15(25-3)14(20)8-12/h4-8H,9H2,1-3H3,(H,21,23)(H,22,24). The number of amides is 2. The number of hydrogen-bond acceptors (Lipinski definition) is 4. The molecule has 6 nitrogen and oxygen atoms in total. The molecule has 8 heteroatoms. The predicted octanol–water partition coefficient (Wildman–Crippen LogP) is 3.68. The van der Waals surface area contributed by atoms with Gasteiger partial charge >= 0.3 is 0 Å². The summed E-state index contributed by atoms with van der Waals surface area (Å²) in [6.45, 7) is 3.58. The van der Waals surface area contributed by atoms with Crippen molar-refractivity contribution in [1.82, 2.24) is 10.9 Å². The monoisotopic (exact) mass is 484 g/mol. The number of nitrogens with one attached hydrogen (secondary N) is 2. The topological polar surface area (TPSA) is 76.7 Å². The van der Waals surface area contributed by atoms with E-state index in [9.17, 15) is 9.59 Å². The molecular weight excluding hydrogens is 468 g/mol. The van der Waals surface area contributed by atoms with Gasteiger partial charge in [-0.2, -0.15) is 0 Å². The molecule has 0 fully saturated rings. The fraction of sp³-hybridized carbons (Fsp3) is 0.222. The summed E-state index contributed by atoms with van der Waals surface area (Å²) in [5.74, 6) is 0.346. The Kier molecular flexibility index (Phi) is 7.05. The zero-order valence-electron chi connectivity index (χ0n) is 14.5. The Labute approximate surface area is 168 Å². The number of ether oxygens (including phenoxy) is 2. The smallest absolute Gasteiger partial charge is 0.276 e. The molecule has 0 heterocycles. The van der Waals surface area contributed by atoms with E-state index in [0.29, 0.717) is 21.5 Å². The number of hydrogen-bond donors (Lipinski definition) is 2. The number of methoxy groups -OCH3 is 1. The summed E-state index contributed by atoms with van der Waals surface area (Å²) in [4.78, 5) is 24.0. The number of aryl methyl sites for hydroxylation is 2. The van der Waals surface area contributed by atoms with E-state index >= 15 is 0 Å². The van der Waals surface area contributed by atoms with E-state index in [1.165, 1.54) is 7.11 Å². The lowest BCUT2D eigenvalue weighted by Crippen LogP contribution is -2.43. The van der Waals surface area contributed by atoms with Gasteiger partial charge in [0.1, 0.15) is 11.5 Å². The second-order valence-corrected chi connectivity index (χ2v) is 7.28. The van der Waals surface area contributed by atoms with Gasteiger partial charge in [0.15, 0.2) is 6.61 Å². The Hall–Kier alpha value is -2.06. The molecule has 0 aromatic heterocycles. The summed E-state index contributed by atoms with van der Waals surface area (Å²) in [6, 6.07) is 8.66. The fourth-order valence-corrected chi connectivity index (χ4v) is 3.53. The van der Waals surface area contributed by atoms with Gasteiger partial charge in [0.25, 0.3) is 11.8 Å². The zero-order valence-corrected chi connectivity index (χ0v) is 17.7. The Bertz CT molecular complexity index is 817. The first-order valence-electron chi connectivity index (χ1n) is 7.64. The molecule has 0 aliphatic rings. The van der Waals surface area contributed by atoms with Crippen molar-refractivity contribution < 1.29 is 19.1 Å². The highest BCUT2D eigenvalue weighted by atomic mass is 79.9. The Morgan fingerprint density at radius 3 is 2.27 bits per heavy atom. The van der Waals surface area contributed by atoms with Gasteiger partial charge in [-0.25, -0.2) is 0 Å². The van der Waals surface area contributed by atoms with Gasteiger partial charge in [-0.3, -0.25) is 20.4 Å². The molecule has 26 heavy (non-hydrogen) atoms. The van der Waals surface area contributed by atoms with Crippen LogP contribution in [0.4, 0.5) is 0 Å². The first-order valence-corrected chi connectivity index (χ1v) is 9.22. The van der Waals surface area contributed by atoms with Crippen molar-refractivity contribution in [2.45, 2.75) is 13.8 Å². The number of halogens is 2. The lowest BCUT2D eigenvalue weighted by molar-refractivity contribution is -0.123. The van der Waals surface area contributed by atoms with Crippen molar-refractivity contribution in [2.24, 2.45) is 0 Å². The Morgan fingerprint density at radius 2 is 1.69 bits per heavy atom. The summed E-state index contributed by atoms with van der Waals surface area (Å²) in [5.41, 5.74) is 6.88. The quantitative estimate of drug-likeness (QED) is 0.633. The average Bonchev–Trinajstić information content (AvgIpc) is 2.58. The molecule has 0 spiro atoms. The van der Waals surface area contributed by atoms with Gasteiger partial charge in [-0.15, -0.1) is 0 Å². The molecule has 0 bridgehead atoms. The molecule has 2 N–H and O–H groups in total. The molecule has 0 aliphatic heterocycles. The zero-order chi connectivity index (χ0) is 19.3. The van der Waals surface area contributed by atoms with Crippen LogP contribution in [0.5, 0.6) is 11.5 Å². The van der Waals surface area contributed by atoms with Crippen molar-refractivity contribution in [3.8, 4) is 11.5 Å². The van der Waals surface area contributed by atoms with Crippen LogP contribution in [0.15, 0.2) is 39.3 Å². The van der Waals surface area contributed by atoms with Crippen LogP contribution in [0, 0.1) is 13.8 Å². The van der Waals surface area contributed by atoms with E-state index in [0.717, 1.165) is 15.6 Å². The van der Waals surface area contributed by atoms with Crippen LogP contribution in [-0.2, 0) is 4.79 Å². The van der Waals surface area contributed by atoms with Crippen LogP contribution >= 0.6 is 31.9 Å². The largest absolute Gasteiger partial charge is 0.496 e. The van der Waals surface area contributed by atoms with E-state index in [1.54, 1.807) is 18.2 Å². The average molecular weight is 486 g/mol.